The molecule has 5 rings (SSSR count). The van der Waals surface area contributed by atoms with E-state index in [1.54, 1.807) is 0 Å². The molecule has 0 bridgehead atoms. The van der Waals surface area contributed by atoms with Gasteiger partial charge in [0.05, 0.1) is 11.4 Å². The predicted molar refractivity (Wildman–Crippen MR) is 119 cm³/mol. The fraction of sp³-hybridized carbons (Fsp3) is 0.250. The Labute approximate surface area is 176 Å². The van der Waals surface area contributed by atoms with Crippen molar-refractivity contribution in [1.82, 2.24) is 4.90 Å². The van der Waals surface area contributed by atoms with Gasteiger partial charge in [0.15, 0.2) is 0 Å². The maximum atomic E-state index is 6.40. The molecule has 2 aliphatic rings. The van der Waals surface area contributed by atoms with Crippen LogP contribution in [-0.4, -0.2) is 24.0 Å². The third-order valence-corrected chi connectivity index (χ3v) is 6.99. The van der Waals surface area contributed by atoms with Gasteiger partial charge in [-0.1, -0.05) is 65.8 Å². The summed E-state index contributed by atoms with van der Waals surface area (Å²) in [6.07, 6.45) is 2.43. The van der Waals surface area contributed by atoms with Crippen LogP contribution in [0.2, 0.25) is 5.02 Å². The lowest BCUT2D eigenvalue weighted by Crippen LogP contribution is -2.46. The van der Waals surface area contributed by atoms with Crippen LogP contribution in [0, 0.1) is 0 Å². The fourth-order valence-electron chi connectivity index (χ4n) is 4.38. The first-order chi connectivity index (χ1) is 13.8. The van der Waals surface area contributed by atoms with Crippen molar-refractivity contribution in [3.05, 3.63) is 83.4 Å². The first-order valence-electron chi connectivity index (χ1n) is 9.90. The van der Waals surface area contributed by atoms with Gasteiger partial charge in [-0.05, 0) is 55.3 Å². The molecule has 0 aliphatic carbocycles. The van der Waals surface area contributed by atoms with Gasteiger partial charge in [0.1, 0.15) is 0 Å². The second-order valence-electron chi connectivity index (χ2n) is 7.57. The van der Waals surface area contributed by atoms with Crippen molar-refractivity contribution in [1.29, 1.82) is 0 Å². The molecule has 1 atom stereocenters. The van der Waals surface area contributed by atoms with Crippen molar-refractivity contribution in [2.75, 3.05) is 18.0 Å². The summed E-state index contributed by atoms with van der Waals surface area (Å²) in [5.41, 5.74) is 3.96. The number of rotatable bonds is 3. The van der Waals surface area contributed by atoms with E-state index in [2.05, 4.69) is 76.5 Å². The Bertz CT molecular complexity index is 975. The molecule has 1 saturated heterocycles. The number of likely N-dealkylation sites (tertiary alicyclic amines) is 1. The number of hydrogen-bond acceptors (Lipinski definition) is 3. The number of fused-ring (bicyclic) bond motifs is 2. The molecular weight excluding hydrogens is 384 g/mol. The van der Waals surface area contributed by atoms with E-state index in [0.717, 1.165) is 24.7 Å². The highest BCUT2D eigenvalue weighted by molar-refractivity contribution is 7.99. The average Bonchev–Trinajstić information content (AvgIpc) is 2.73. The molecular formula is C24H23ClN2S. The van der Waals surface area contributed by atoms with Crippen molar-refractivity contribution in [2.24, 2.45) is 0 Å². The SMILES string of the molecule is Clc1ccc2c(c1)N([C@H]1CCCN(Cc3ccccc3)C1)c1ccccc1S2. The third kappa shape index (κ3) is 3.55. The van der Waals surface area contributed by atoms with Gasteiger partial charge in [0.25, 0.3) is 0 Å². The van der Waals surface area contributed by atoms with E-state index in [9.17, 15) is 0 Å². The summed E-state index contributed by atoms with van der Waals surface area (Å²) in [4.78, 5) is 7.77. The third-order valence-electron chi connectivity index (χ3n) is 5.62. The quantitative estimate of drug-likeness (QED) is 0.483. The van der Waals surface area contributed by atoms with Crippen molar-refractivity contribution >= 4 is 34.7 Å². The van der Waals surface area contributed by atoms with Crippen LogP contribution in [0.15, 0.2) is 82.6 Å². The average molecular weight is 407 g/mol. The molecule has 2 aliphatic heterocycles. The molecule has 3 aromatic rings. The molecule has 0 aromatic heterocycles. The molecule has 28 heavy (non-hydrogen) atoms. The Morgan fingerprint density at radius 1 is 0.893 bits per heavy atom. The summed E-state index contributed by atoms with van der Waals surface area (Å²) in [6, 6.07) is 26.3. The number of para-hydroxylation sites is 1. The van der Waals surface area contributed by atoms with Gasteiger partial charge in [-0.25, -0.2) is 0 Å². The maximum Gasteiger partial charge on any atom is 0.0570 e. The van der Waals surface area contributed by atoms with Gasteiger partial charge in [0, 0.05) is 33.9 Å². The highest BCUT2D eigenvalue weighted by Crippen LogP contribution is 2.50. The van der Waals surface area contributed by atoms with Crippen molar-refractivity contribution in [3.63, 3.8) is 0 Å². The second-order valence-corrected chi connectivity index (χ2v) is 9.09. The summed E-state index contributed by atoms with van der Waals surface area (Å²) in [6.45, 7) is 3.25. The second kappa shape index (κ2) is 7.82. The summed E-state index contributed by atoms with van der Waals surface area (Å²) in [5, 5.41) is 0.806. The Kier molecular flexibility index (Phi) is 5.06. The smallest absolute Gasteiger partial charge is 0.0570 e. The molecule has 0 radical (unpaired) electrons. The molecule has 2 heterocycles. The number of hydrogen-bond donors (Lipinski definition) is 0. The van der Waals surface area contributed by atoms with Gasteiger partial charge < -0.3 is 4.90 Å². The van der Waals surface area contributed by atoms with E-state index in [1.165, 1.54) is 39.6 Å². The van der Waals surface area contributed by atoms with Crippen LogP contribution in [0.5, 0.6) is 0 Å². The van der Waals surface area contributed by atoms with Crippen LogP contribution >= 0.6 is 23.4 Å². The molecule has 142 valence electrons. The van der Waals surface area contributed by atoms with Gasteiger partial charge in [-0.2, -0.15) is 0 Å². The van der Waals surface area contributed by atoms with E-state index >= 15 is 0 Å². The van der Waals surface area contributed by atoms with E-state index in [-0.39, 0.29) is 0 Å². The monoisotopic (exact) mass is 406 g/mol. The fourth-order valence-corrected chi connectivity index (χ4v) is 5.60. The first-order valence-corrected chi connectivity index (χ1v) is 11.1. The molecule has 0 unspecified atom stereocenters. The Balaban J connectivity index is 1.47. The molecule has 3 aromatic carbocycles. The number of nitrogens with zero attached hydrogens (tertiary/aromatic N) is 2. The lowest BCUT2D eigenvalue weighted by molar-refractivity contribution is 0.200. The standard InChI is InChI=1S/C24H23ClN2S/c25-19-12-13-24-22(15-19)27(21-10-4-5-11-23(21)28-24)20-9-6-14-26(17-20)16-18-7-2-1-3-8-18/h1-5,7-8,10-13,15,20H,6,9,14,16-17H2/t20-/m0/s1. The number of piperidine rings is 1. The van der Waals surface area contributed by atoms with Crippen LogP contribution in [0.3, 0.4) is 0 Å². The number of benzene rings is 3. The van der Waals surface area contributed by atoms with Crippen LogP contribution in [-0.2, 0) is 6.54 Å². The molecule has 1 fully saturated rings. The largest absolute Gasteiger partial charge is 0.335 e. The zero-order valence-corrected chi connectivity index (χ0v) is 17.3. The normalized spacial score (nSPS) is 19.2. The molecule has 0 N–H and O–H groups in total. The van der Waals surface area contributed by atoms with E-state index < -0.39 is 0 Å². The predicted octanol–water partition coefficient (Wildman–Crippen LogP) is 6.61. The number of halogens is 1. The number of anilines is 2. The van der Waals surface area contributed by atoms with E-state index in [1.807, 2.05) is 17.8 Å². The topological polar surface area (TPSA) is 6.48 Å². The summed E-state index contributed by atoms with van der Waals surface area (Å²) in [5.74, 6) is 0. The van der Waals surface area contributed by atoms with Crippen molar-refractivity contribution in [2.45, 2.75) is 35.2 Å². The Morgan fingerprint density at radius 3 is 2.57 bits per heavy atom. The van der Waals surface area contributed by atoms with Gasteiger partial charge in [-0.15, -0.1) is 0 Å². The van der Waals surface area contributed by atoms with Crippen LogP contribution in [0.4, 0.5) is 11.4 Å². The lowest BCUT2D eigenvalue weighted by atomic mass is 10.0. The molecule has 0 amide bonds. The molecule has 4 heteroatoms. The van der Waals surface area contributed by atoms with Gasteiger partial charge in [0.2, 0.25) is 0 Å². The Morgan fingerprint density at radius 2 is 1.68 bits per heavy atom. The van der Waals surface area contributed by atoms with Crippen molar-refractivity contribution < 1.29 is 0 Å². The van der Waals surface area contributed by atoms with Crippen LogP contribution in [0.25, 0.3) is 0 Å². The highest BCUT2D eigenvalue weighted by Gasteiger charge is 2.32. The summed E-state index contributed by atoms with van der Waals surface area (Å²) < 4.78 is 0. The van der Waals surface area contributed by atoms with Crippen LogP contribution < -0.4 is 4.90 Å². The molecule has 0 spiro atoms. The van der Waals surface area contributed by atoms with Crippen molar-refractivity contribution in [3.8, 4) is 0 Å². The minimum absolute atomic E-state index is 0.455. The minimum Gasteiger partial charge on any atom is -0.335 e. The first kappa shape index (κ1) is 18.1. The zero-order valence-electron chi connectivity index (χ0n) is 15.7. The maximum absolute atomic E-state index is 6.40. The molecule has 0 saturated carbocycles. The van der Waals surface area contributed by atoms with E-state index in [4.69, 9.17) is 11.6 Å². The van der Waals surface area contributed by atoms with E-state index in [0.29, 0.717) is 6.04 Å². The zero-order chi connectivity index (χ0) is 18.9. The van der Waals surface area contributed by atoms with Gasteiger partial charge in [-0.3, -0.25) is 4.90 Å². The Hall–Kier alpha value is -1.94. The lowest BCUT2D eigenvalue weighted by Gasteiger charge is -2.43. The van der Waals surface area contributed by atoms with Crippen LogP contribution in [0.1, 0.15) is 18.4 Å². The minimum atomic E-state index is 0.455. The summed E-state index contributed by atoms with van der Waals surface area (Å²) in [7, 11) is 0. The van der Waals surface area contributed by atoms with Gasteiger partial charge >= 0.3 is 0 Å². The highest BCUT2D eigenvalue weighted by atomic mass is 35.5. The summed E-state index contributed by atoms with van der Waals surface area (Å²) >= 11 is 8.25. The molecule has 2 nitrogen and oxygen atoms in total.